The number of hydrogen-bond donors (Lipinski definition) is 2. The van der Waals surface area contributed by atoms with Crippen molar-refractivity contribution in [2.45, 2.75) is 19.9 Å². The van der Waals surface area contributed by atoms with Gasteiger partial charge >= 0.3 is 0 Å². The first kappa shape index (κ1) is 24.4. The standard InChI is InChI=1S/C24H28ClN5O.HI/c1-17-8-9-20(25)12-22(17)30-11-10-18(15-30)13-27-24(26-2)28-14-21-16-31-23(29-21)19-6-4-3-5-7-19;/h3-9,12,16,18H,10-11,13-15H2,1-2H3,(H2,26,27,28);1H. The normalized spacial score (nSPS) is 16.0. The van der Waals surface area contributed by atoms with Gasteiger partial charge in [-0.2, -0.15) is 0 Å². The molecule has 1 fully saturated rings. The van der Waals surface area contributed by atoms with Crippen molar-refractivity contribution in [1.82, 2.24) is 15.6 Å². The van der Waals surface area contributed by atoms with E-state index in [-0.39, 0.29) is 24.0 Å². The van der Waals surface area contributed by atoms with Crippen molar-refractivity contribution in [3.05, 3.63) is 71.1 Å². The molecule has 2 aromatic carbocycles. The van der Waals surface area contributed by atoms with Crippen molar-refractivity contribution >= 4 is 47.2 Å². The van der Waals surface area contributed by atoms with Crippen molar-refractivity contribution < 1.29 is 4.42 Å². The van der Waals surface area contributed by atoms with Gasteiger partial charge in [-0.3, -0.25) is 4.99 Å². The first-order valence-electron chi connectivity index (χ1n) is 10.6. The summed E-state index contributed by atoms with van der Waals surface area (Å²) in [5.41, 5.74) is 4.30. The van der Waals surface area contributed by atoms with E-state index in [2.05, 4.69) is 44.6 Å². The number of guanidine groups is 1. The second kappa shape index (κ2) is 11.6. The van der Waals surface area contributed by atoms with Gasteiger partial charge in [0.05, 0.1) is 12.2 Å². The molecule has 0 bridgehead atoms. The van der Waals surface area contributed by atoms with Crippen LogP contribution in [0.15, 0.2) is 64.2 Å². The predicted octanol–water partition coefficient (Wildman–Crippen LogP) is 5.11. The van der Waals surface area contributed by atoms with Gasteiger partial charge in [0.15, 0.2) is 5.96 Å². The first-order chi connectivity index (χ1) is 15.1. The summed E-state index contributed by atoms with van der Waals surface area (Å²) in [6, 6.07) is 16.0. The fourth-order valence-corrected chi connectivity index (χ4v) is 4.05. The van der Waals surface area contributed by atoms with E-state index < -0.39 is 0 Å². The number of hydrogen-bond acceptors (Lipinski definition) is 4. The van der Waals surface area contributed by atoms with Gasteiger partial charge in [0.25, 0.3) is 0 Å². The Morgan fingerprint density at radius 2 is 2.03 bits per heavy atom. The molecule has 1 atom stereocenters. The van der Waals surface area contributed by atoms with Gasteiger partial charge in [0.2, 0.25) is 5.89 Å². The largest absolute Gasteiger partial charge is 0.444 e. The van der Waals surface area contributed by atoms with Crippen LogP contribution < -0.4 is 15.5 Å². The number of nitrogens with zero attached hydrogens (tertiary/aromatic N) is 3. The molecule has 0 aliphatic carbocycles. The molecule has 0 saturated carbocycles. The van der Waals surface area contributed by atoms with Crippen molar-refractivity contribution in [2.75, 3.05) is 31.6 Å². The van der Waals surface area contributed by atoms with E-state index >= 15 is 0 Å². The van der Waals surface area contributed by atoms with Crippen LogP contribution in [0.1, 0.15) is 17.7 Å². The van der Waals surface area contributed by atoms with Crippen LogP contribution in [0.2, 0.25) is 5.02 Å². The molecule has 1 saturated heterocycles. The van der Waals surface area contributed by atoms with Crippen LogP contribution in [0.4, 0.5) is 5.69 Å². The maximum Gasteiger partial charge on any atom is 0.226 e. The highest BCUT2D eigenvalue weighted by molar-refractivity contribution is 14.0. The number of aromatic nitrogens is 1. The van der Waals surface area contributed by atoms with Crippen LogP contribution in [-0.4, -0.2) is 37.6 Å². The molecule has 3 aromatic rings. The fourth-order valence-electron chi connectivity index (χ4n) is 3.88. The molecule has 1 unspecified atom stereocenters. The number of aliphatic imine (C=N–C) groups is 1. The Bertz CT molecular complexity index is 1040. The number of anilines is 1. The van der Waals surface area contributed by atoms with E-state index in [4.69, 9.17) is 16.0 Å². The van der Waals surface area contributed by atoms with Crippen molar-refractivity contribution in [1.29, 1.82) is 0 Å². The van der Waals surface area contributed by atoms with E-state index in [1.807, 2.05) is 36.4 Å². The van der Waals surface area contributed by atoms with Gasteiger partial charge in [-0.25, -0.2) is 4.98 Å². The summed E-state index contributed by atoms with van der Waals surface area (Å²) in [7, 11) is 1.78. The molecule has 2 N–H and O–H groups in total. The number of halogens is 2. The minimum Gasteiger partial charge on any atom is -0.444 e. The third-order valence-electron chi connectivity index (χ3n) is 5.59. The predicted molar refractivity (Wildman–Crippen MR) is 142 cm³/mol. The molecule has 6 nitrogen and oxygen atoms in total. The first-order valence-corrected chi connectivity index (χ1v) is 11.0. The van der Waals surface area contributed by atoms with Crippen LogP contribution in [0, 0.1) is 12.8 Å². The van der Waals surface area contributed by atoms with Gasteiger partial charge in [-0.05, 0) is 49.1 Å². The Balaban J connectivity index is 0.00000289. The van der Waals surface area contributed by atoms with E-state index in [0.717, 1.165) is 48.3 Å². The van der Waals surface area contributed by atoms with Crippen molar-refractivity contribution in [3.8, 4) is 11.5 Å². The third kappa shape index (κ3) is 6.16. The monoisotopic (exact) mass is 565 g/mol. The maximum atomic E-state index is 6.20. The summed E-state index contributed by atoms with van der Waals surface area (Å²) < 4.78 is 5.60. The average Bonchev–Trinajstić information content (AvgIpc) is 3.46. The van der Waals surface area contributed by atoms with Crippen molar-refractivity contribution in [2.24, 2.45) is 10.9 Å². The molecule has 2 heterocycles. The van der Waals surface area contributed by atoms with Crippen molar-refractivity contribution in [3.63, 3.8) is 0 Å². The average molecular weight is 566 g/mol. The van der Waals surface area contributed by atoms with Crippen LogP contribution >= 0.6 is 35.6 Å². The van der Waals surface area contributed by atoms with Gasteiger partial charge < -0.3 is 20.0 Å². The molecule has 1 aliphatic rings. The highest BCUT2D eigenvalue weighted by atomic mass is 127. The Labute approximate surface area is 211 Å². The molecule has 170 valence electrons. The quantitative estimate of drug-likeness (QED) is 0.247. The second-order valence-electron chi connectivity index (χ2n) is 7.85. The SMILES string of the molecule is CN=C(NCc1coc(-c2ccccc2)n1)NCC1CCN(c2cc(Cl)ccc2C)C1.I. The smallest absolute Gasteiger partial charge is 0.226 e. The highest BCUT2D eigenvalue weighted by Crippen LogP contribution is 2.29. The summed E-state index contributed by atoms with van der Waals surface area (Å²) in [5.74, 6) is 1.94. The zero-order valence-electron chi connectivity index (χ0n) is 18.3. The summed E-state index contributed by atoms with van der Waals surface area (Å²) in [6.45, 7) is 5.60. The number of benzene rings is 2. The number of oxazole rings is 1. The molecule has 1 aliphatic heterocycles. The number of aryl methyl sites for hydroxylation is 1. The summed E-state index contributed by atoms with van der Waals surface area (Å²) in [6.07, 6.45) is 2.82. The van der Waals surface area contributed by atoms with E-state index in [1.54, 1.807) is 13.3 Å². The Morgan fingerprint density at radius 1 is 1.22 bits per heavy atom. The van der Waals surface area contributed by atoms with Crippen LogP contribution in [0.5, 0.6) is 0 Å². The van der Waals surface area contributed by atoms with E-state index in [9.17, 15) is 0 Å². The molecule has 4 rings (SSSR count). The topological polar surface area (TPSA) is 65.7 Å². The lowest BCUT2D eigenvalue weighted by Crippen LogP contribution is -2.40. The second-order valence-corrected chi connectivity index (χ2v) is 8.28. The van der Waals surface area contributed by atoms with E-state index in [1.165, 1.54) is 11.3 Å². The molecular weight excluding hydrogens is 537 g/mol. The Hall–Kier alpha value is -2.26. The minimum atomic E-state index is 0. The highest BCUT2D eigenvalue weighted by Gasteiger charge is 2.24. The Morgan fingerprint density at radius 3 is 2.81 bits per heavy atom. The summed E-state index contributed by atoms with van der Waals surface area (Å²) in [5, 5.41) is 7.55. The van der Waals surface area contributed by atoms with Crippen LogP contribution in [0.3, 0.4) is 0 Å². The molecule has 1 aromatic heterocycles. The molecular formula is C24H29ClIN5O. The molecule has 32 heavy (non-hydrogen) atoms. The summed E-state index contributed by atoms with van der Waals surface area (Å²) >= 11 is 6.20. The lowest BCUT2D eigenvalue weighted by molar-refractivity contribution is 0.564. The molecule has 0 radical (unpaired) electrons. The Kier molecular flexibility index (Phi) is 8.81. The minimum absolute atomic E-state index is 0. The number of nitrogens with one attached hydrogen (secondary N) is 2. The maximum absolute atomic E-state index is 6.20. The van der Waals surface area contributed by atoms with Gasteiger partial charge in [0, 0.05) is 43.0 Å². The fraction of sp³-hybridized carbons (Fsp3) is 0.333. The van der Waals surface area contributed by atoms with Gasteiger partial charge in [0.1, 0.15) is 6.26 Å². The van der Waals surface area contributed by atoms with Gasteiger partial charge in [-0.15, -0.1) is 24.0 Å². The lowest BCUT2D eigenvalue weighted by Gasteiger charge is -2.21. The molecule has 0 spiro atoms. The van der Waals surface area contributed by atoms with Crippen LogP contribution in [-0.2, 0) is 6.54 Å². The lowest BCUT2D eigenvalue weighted by atomic mass is 10.1. The molecule has 0 amide bonds. The van der Waals surface area contributed by atoms with Gasteiger partial charge in [-0.1, -0.05) is 35.9 Å². The van der Waals surface area contributed by atoms with E-state index in [0.29, 0.717) is 18.4 Å². The third-order valence-corrected chi connectivity index (χ3v) is 5.82. The van der Waals surface area contributed by atoms with Crippen LogP contribution in [0.25, 0.3) is 11.5 Å². The summed E-state index contributed by atoms with van der Waals surface area (Å²) in [4.78, 5) is 11.3. The molecule has 8 heteroatoms. The number of rotatable bonds is 6. The zero-order chi connectivity index (χ0) is 21.6. The zero-order valence-corrected chi connectivity index (χ0v) is 21.4.